The molecule has 5 heteroatoms. The molecule has 0 bridgehead atoms. The zero-order valence-corrected chi connectivity index (χ0v) is 10.0. The van der Waals surface area contributed by atoms with Crippen molar-refractivity contribution in [3.05, 3.63) is 23.8 Å². The minimum Gasteiger partial charge on any atom is -0.398 e. The number of benzene rings is 1. The summed E-state index contributed by atoms with van der Waals surface area (Å²) in [6, 6.07) is 7.56. The highest BCUT2D eigenvalue weighted by Crippen LogP contribution is 2.17. The summed E-state index contributed by atoms with van der Waals surface area (Å²) in [4.78, 5) is 0. The molecule has 0 fully saturated rings. The highest BCUT2D eigenvalue weighted by molar-refractivity contribution is 7.84. The lowest BCUT2D eigenvalue weighted by Gasteiger charge is -2.08. The Balaban J connectivity index is 2.64. The summed E-state index contributed by atoms with van der Waals surface area (Å²) in [5, 5.41) is 11.8. The van der Waals surface area contributed by atoms with Gasteiger partial charge in [0.15, 0.2) is 0 Å². The molecule has 0 aromatic heterocycles. The lowest BCUT2D eigenvalue weighted by Crippen LogP contribution is -2.10. The zero-order valence-electron chi connectivity index (χ0n) is 9.19. The van der Waals surface area contributed by atoms with Gasteiger partial charge in [-0.3, -0.25) is 4.21 Å². The van der Waals surface area contributed by atoms with E-state index in [2.05, 4.69) is 11.4 Å². The number of nitrogen functional groups attached to an aromatic ring is 1. The van der Waals surface area contributed by atoms with Crippen LogP contribution in [0.3, 0.4) is 0 Å². The van der Waals surface area contributed by atoms with E-state index in [9.17, 15) is 4.21 Å². The van der Waals surface area contributed by atoms with Crippen LogP contribution >= 0.6 is 0 Å². The Morgan fingerprint density at radius 3 is 2.94 bits per heavy atom. The maximum Gasteiger partial charge on any atom is 0.0670 e. The number of nitrogens with two attached hydrogens (primary N) is 1. The van der Waals surface area contributed by atoms with E-state index in [1.165, 1.54) is 0 Å². The van der Waals surface area contributed by atoms with Crippen LogP contribution in [0.15, 0.2) is 18.2 Å². The van der Waals surface area contributed by atoms with Gasteiger partial charge in [0.05, 0.1) is 12.5 Å². The predicted octanol–water partition coefficient (Wildman–Crippen LogP) is 1.13. The molecule has 0 heterocycles. The molecule has 1 rings (SSSR count). The van der Waals surface area contributed by atoms with E-state index in [0.717, 1.165) is 11.3 Å². The van der Waals surface area contributed by atoms with Crippen LogP contribution < -0.4 is 11.1 Å². The van der Waals surface area contributed by atoms with Gasteiger partial charge >= 0.3 is 0 Å². The Morgan fingerprint density at radius 1 is 1.56 bits per heavy atom. The first-order valence-electron chi connectivity index (χ1n) is 4.92. The molecule has 0 aliphatic rings. The standard InChI is InChI=1S/C11H15N3OS/c1-16(15)7-6-14-10-2-3-11(13)9(8-10)4-5-12/h2-3,8,14H,4,6-7,13H2,1H3. The molecule has 0 radical (unpaired) electrons. The van der Waals surface area contributed by atoms with Gasteiger partial charge < -0.3 is 11.1 Å². The molecule has 3 N–H and O–H groups in total. The average molecular weight is 237 g/mol. The van der Waals surface area contributed by atoms with E-state index in [1.807, 2.05) is 12.1 Å². The quantitative estimate of drug-likeness (QED) is 0.752. The van der Waals surface area contributed by atoms with Crippen molar-refractivity contribution >= 4 is 22.2 Å². The van der Waals surface area contributed by atoms with Gasteiger partial charge in [0.25, 0.3) is 0 Å². The minimum atomic E-state index is -0.792. The van der Waals surface area contributed by atoms with Crippen molar-refractivity contribution in [1.82, 2.24) is 0 Å². The maximum atomic E-state index is 10.9. The summed E-state index contributed by atoms with van der Waals surface area (Å²) in [6.45, 7) is 0.652. The van der Waals surface area contributed by atoms with Gasteiger partial charge in [0.1, 0.15) is 0 Å². The van der Waals surface area contributed by atoms with Crippen LogP contribution in [0, 0.1) is 11.3 Å². The van der Waals surface area contributed by atoms with E-state index < -0.39 is 10.8 Å². The molecular weight excluding hydrogens is 222 g/mol. The van der Waals surface area contributed by atoms with Gasteiger partial charge in [-0.2, -0.15) is 5.26 Å². The van der Waals surface area contributed by atoms with E-state index in [0.29, 0.717) is 24.4 Å². The largest absolute Gasteiger partial charge is 0.398 e. The van der Waals surface area contributed by atoms with E-state index in [4.69, 9.17) is 11.0 Å². The van der Waals surface area contributed by atoms with Gasteiger partial charge in [-0.05, 0) is 23.8 Å². The van der Waals surface area contributed by atoms with Gasteiger partial charge in [0, 0.05) is 40.7 Å². The second kappa shape index (κ2) is 6.13. The lowest BCUT2D eigenvalue weighted by atomic mass is 10.1. The number of hydrogen-bond acceptors (Lipinski definition) is 4. The number of hydrogen-bond donors (Lipinski definition) is 2. The Bertz CT molecular complexity index is 426. The van der Waals surface area contributed by atoms with E-state index >= 15 is 0 Å². The molecule has 1 unspecified atom stereocenters. The minimum absolute atomic E-state index is 0.307. The van der Waals surface area contributed by atoms with E-state index in [-0.39, 0.29) is 0 Å². The second-order valence-electron chi connectivity index (χ2n) is 3.45. The van der Waals surface area contributed by atoms with Crippen molar-refractivity contribution < 1.29 is 4.21 Å². The highest BCUT2D eigenvalue weighted by atomic mass is 32.2. The molecule has 0 amide bonds. The molecule has 0 aliphatic heterocycles. The summed E-state index contributed by atoms with van der Waals surface area (Å²) in [7, 11) is -0.792. The third-order valence-corrected chi connectivity index (χ3v) is 2.91. The number of nitrogens with zero attached hydrogens (tertiary/aromatic N) is 1. The average Bonchev–Trinajstić information content (AvgIpc) is 2.22. The van der Waals surface area contributed by atoms with Gasteiger partial charge in [0.2, 0.25) is 0 Å². The fourth-order valence-electron chi connectivity index (χ4n) is 1.29. The van der Waals surface area contributed by atoms with Gasteiger partial charge in [-0.1, -0.05) is 0 Å². The summed E-state index contributed by atoms with van der Waals surface area (Å²) in [5.74, 6) is 0.609. The molecule has 0 aliphatic carbocycles. The van der Waals surface area contributed by atoms with Crippen molar-refractivity contribution in [2.45, 2.75) is 6.42 Å². The third-order valence-electron chi connectivity index (χ3n) is 2.13. The van der Waals surface area contributed by atoms with Crippen LogP contribution in [0.2, 0.25) is 0 Å². The highest BCUT2D eigenvalue weighted by Gasteiger charge is 2.00. The van der Waals surface area contributed by atoms with Crippen molar-refractivity contribution in [1.29, 1.82) is 5.26 Å². The van der Waals surface area contributed by atoms with Crippen molar-refractivity contribution in [2.75, 3.05) is 29.6 Å². The first kappa shape index (κ1) is 12.5. The normalized spacial score (nSPS) is 11.8. The number of nitrogens with one attached hydrogen (secondary N) is 1. The third kappa shape index (κ3) is 3.91. The summed E-state index contributed by atoms with van der Waals surface area (Å²) in [6.07, 6.45) is 1.98. The van der Waals surface area contributed by atoms with Crippen molar-refractivity contribution in [2.24, 2.45) is 0 Å². The molecule has 1 atom stereocenters. The van der Waals surface area contributed by atoms with Gasteiger partial charge in [-0.15, -0.1) is 0 Å². The first-order valence-corrected chi connectivity index (χ1v) is 6.65. The smallest absolute Gasteiger partial charge is 0.0670 e. The molecule has 1 aromatic rings. The molecule has 0 saturated heterocycles. The number of anilines is 2. The van der Waals surface area contributed by atoms with Crippen molar-refractivity contribution in [3.63, 3.8) is 0 Å². The zero-order chi connectivity index (χ0) is 12.0. The Morgan fingerprint density at radius 2 is 2.31 bits per heavy atom. The topological polar surface area (TPSA) is 78.9 Å². The fourth-order valence-corrected chi connectivity index (χ4v) is 1.68. The molecule has 0 spiro atoms. The number of rotatable bonds is 5. The Labute approximate surface area is 97.9 Å². The summed E-state index contributed by atoms with van der Waals surface area (Å²) >= 11 is 0. The van der Waals surface area contributed by atoms with Gasteiger partial charge in [-0.25, -0.2) is 0 Å². The van der Waals surface area contributed by atoms with Crippen LogP contribution in [0.1, 0.15) is 5.56 Å². The first-order chi connectivity index (χ1) is 7.63. The molecule has 16 heavy (non-hydrogen) atoms. The second-order valence-corrected chi connectivity index (χ2v) is 5.01. The molecular formula is C11H15N3OS. The SMILES string of the molecule is CS(=O)CCNc1ccc(N)c(CC#N)c1. The van der Waals surface area contributed by atoms with Crippen LogP contribution in [0.4, 0.5) is 11.4 Å². The van der Waals surface area contributed by atoms with Crippen LogP contribution in [0.25, 0.3) is 0 Å². The molecule has 0 saturated carbocycles. The van der Waals surface area contributed by atoms with Crippen LogP contribution in [-0.2, 0) is 17.2 Å². The van der Waals surface area contributed by atoms with Crippen LogP contribution in [0.5, 0.6) is 0 Å². The Hall–Kier alpha value is -1.54. The van der Waals surface area contributed by atoms with Crippen LogP contribution in [-0.4, -0.2) is 22.8 Å². The molecule has 1 aromatic carbocycles. The fraction of sp³-hybridized carbons (Fsp3) is 0.364. The van der Waals surface area contributed by atoms with Crippen molar-refractivity contribution in [3.8, 4) is 6.07 Å². The summed E-state index contributed by atoms with van der Waals surface area (Å²) < 4.78 is 10.9. The summed E-state index contributed by atoms with van der Waals surface area (Å²) in [5.41, 5.74) is 8.09. The number of nitriles is 1. The maximum absolute atomic E-state index is 10.9. The monoisotopic (exact) mass is 237 g/mol. The molecule has 4 nitrogen and oxygen atoms in total. The lowest BCUT2D eigenvalue weighted by molar-refractivity contribution is 0.687. The van der Waals surface area contributed by atoms with E-state index in [1.54, 1.807) is 12.3 Å². The predicted molar refractivity (Wildman–Crippen MR) is 67.6 cm³/mol. The Kier molecular flexibility index (Phi) is 4.80. The molecule has 86 valence electrons.